The van der Waals surface area contributed by atoms with Gasteiger partial charge in [-0.15, -0.1) is 0 Å². The summed E-state index contributed by atoms with van der Waals surface area (Å²) in [5.74, 6) is -0.591. The molecule has 184 valence electrons. The Morgan fingerprint density at radius 3 is 2.51 bits per heavy atom. The van der Waals surface area contributed by atoms with E-state index in [1.54, 1.807) is 0 Å². The van der Waals surface area contributed by atoms with Crippen LogP contribution in [-0.2, 0) is 15.8 Å². The first kappa shape index (κ1) is 24.0. The first-order valence-corrected chi connectivity index (χ1v) is 11.0. The Balaban J connectivity index is 1.36. The van der Waals surface area contributed by atoms with Gasteiger partial charge in [0.15, 0.2) is 0 Å². The molecule has 12 heteroatoms. The van der Waals surface area contributed by atoms with Crippen molar-refractivity contribution in [3.8, 4) is 0 Å². The van der Waals surface area contributed by atoms with Gasteiger partial charge in [-0.2, -0.15) is 13.2 Å². The molecular weight excluding hydrogens is 465 g/mol. The number of alkyl halides is 3. The number of nitrogens with zero attached hydrogens (tertiary/aromatic N) is 3. The van der Waals surface area contributed by atoms with Crippen LogP contribution in [0.25, 0.3) is 11.0 Å². The molecule has 1 fully saturated rings. The molecule has 0 aliphatic carbocycles. The SMILES string of the molecule is O=C(CN1C(=O)CCCN(c2nc3ccccc3[nH]2)CCNC1=O)Nc1ccc(C(F)(F)F)cc1. The van der Waals surface area contributed by atoms with Gasteiger partial charge in [0, 0.05) is 31.7 Å². The molecular formula is C23H23F3N6O3. The number of halogens is 3. The molecule has 0 radical (unpaired) electrons. The smallest absolute Gasteiger partial charge is 0.341 e. The fraction of sp³-hybridized carbons (Fsp3) is 0.304. The molecule has 2 aromatic carbocycles. The zero-order valence-electron chi connectivity index (χ0n) is 18.6. The number of aromatic amines is 1. The van der Waals surface area contributed by atoms with E-state index in [9.17, 15) is 27.6 Å². The fourth-order valence-corrected chi connectivity index (χ4v) is 3.72. The van der Waals surface area contributed by atoms with E-state index >= 15 is 0 Å². The van der Waals surface area contributed by atoms with Crippen LogP contribution in [0.2, 0.25) is 0 Å². The Kier molecular flexibility index (Phi) is 6.90. The van der Waals surface area contributed by atoms with Crippen LogP contribution < -0.4 is 15.5 Å². The van der Waals surface area contributed by atoms with Crippen LogP contribution in [0.4, 0.5) is 29.6 Å². The molecule has 1 aromatic heterocycles. The molecule has 1 aliphatic heterocycles. The highest BCUT2D eigenvalue weighted by Gasteiger charge is 2.30. The lowest BCUT2D eigenvalue weighted by molar-refractivity contribution is -0.137. The summed E-state index contributed by atoms with van der Waals surface area (Å²) in [5, 5.41) is 5.05. The molecule has 9 nitrogen and oxygen atoms in total. The van der Waals surface area contributed by atoms with Crippen LogP contribution in [0.1, 0.15) is 18.4 Å². The van der Waals surface area contributed by atoms with Crippen molar-refractivity contribution in [1.29, 1.82) is 0 Å². The van der Waals surface area contributed by atoms with Gasteiger partial charge in [-0.1, -0.05) is 12.1 Å². The van der Waals surface area contributed by atoms with Crippen molar-refractivity contribution in [1.82, 2.24) is 20.2 Å². The minimum Gasteiger partial charge on any atom is -0.341 e. The van der Waals surface area contributed by atoms with Crippen molar-refractivity contribution < 1.29 is 27.6 Å². The maximum absolute atomic E-state index is 12.7. The maximum atomic E-state index is 12.7. The zero-order chi connectivity index (χ0) is 25.0. The number of aromatic nitrogens is 2. The lowest BCUT2D eigenvalue weighted by Gasteiger charge is -2.27. The summed E-state index contributed by atoms with van der Waals surface area (Å²) < 4.78 is 38.1. The molecule has 4 amide bonds. The van der Waals surface area contributed by atoms with Crippen LogP contribution in [0, 0.1) is 0 Å². The number of benzene rings is 2. The molecule has 1 saturated heterocycles. The third kappa shape index (κ3) is 5.89. The number of para-hydroxylation sites is 2. The highest BCUT2D eigenvalue weighted by molar-refractivity contribution is 6.01. The monoisotopic (exact) mass is 488 g/mol. The number of imidazole rings is 1. The van der Waals surface area contributed by atoms with E-state index in [1.165, 1.54) is 0 Å². The predicted octanol–water partition coefficient (Wildman–Crippen LogP) is 3.36. The molecule has 0 unspecified atom stereocenters. The molecule has 3 aromatic rings. The molecule has 0 spiro atoms. The number of anilines is 2. The molecule has 1 aliphatic rings. The number of imide groups is 1. The van der Waals surface area contributed by atoms with Gasteiger partial charge in [-0.25, -0.2) is 9.78 Å². The van der Waals surface area contributed by atoms with Crippen LogP contribution in [-0.4, -0.2) is 58.9 Å². The number of nitrogens with one attached hydrogen (secondary N) is 3. The van der Waals surface area contributed by atoms with Gasteiger partial charge in [-0.05, 0) is 42.8 Å². The van der Waals surface area contributed by atoms with Gasteiger partial charge in [0.2, 0.25) is 17.8 Å². The Morgan fingerprint density at radius 1 is 1.06 bits per heavy atom. The number of carbonyl (C=O) groups excluding carboxylic acids is 3. The van der Waals surface area contributed by atoms with Crippen LogP contribution in [0.15, 0.2) is 48.5 Å². The average Bonchev–Trinajstić information content (AvgIpc) is 3.25. The van der Waals surface area contributed by atoms with Crippen molar-refractivity contribution >= 4 is 40.5 Å². The molecule has 35 heavy (non-hydrogen) atoms. The molecule has 0 bridgehead atoms. The summed E-state index contributed by atoms with van der Waals surface area (Å²) in [6.45, 7) is 0.595. The highest BCUT2D eigenvalue weighted by atomic mass is 19.4. The summed E-state index contributed by atoms with van der Waals surface area (Å²) >= 11 is 0. The van der Waals surface area contributed by atoms with Crippen molar-refractivity contribution in [2.45, 2.75) is 19.0 Å². The van der Waals surface area contributed by atoms with E-state index in [4.69, 9.17) is 0 Å². The van der Waals surface area contributed by atoms with E-state index in [-0.39, 0.29) is 18.7 Å². The lowest BCUT2D eigenvalue weighted by Crippen LogP contribution is -2.50. The molecule has 4 rings (SSSR count). The number of hydrogen-bond donors (Lipinski definition) is 3. The van der Waals surface area contributed by atoms with Crippen molar-refractivity contribution in [2.75, 3.05) is 36.4 Å². The topological polar surface area (TPSA) is 110 Å². The summed E-state index contributed by atoms with van der Waals surface area (Å²) in [6.07, 6.45) is -4.04. The third-order valence-corrected chi connectivity index (χ3v) is 5.50. The van der Waals surface area contributed by atoms with E-state index < -0.39 is 36.1 Å². The Bertz CT molecular complexity index is 1170. The third-order valence-electron chi connectivity index (χ3n) is 5.50. The first-order valence-electron chi connectivity index (χ1n) is 11.0. The zero-order valence-corrected chi connectivity index (χ0v) is 18.6. The standard InChI is InChI=1S/C23H23F3N6O3/c24-23(25,26)15-7-9-16(10-8-15)28-19(33)14-32-20(34)6-3-12-31(13-11-27-22(32)35)21-29-17-4-1-2-5-18(17)30-21/h1-2,4-5,7-10H,3,6,11-14H2,(H,27,35)(H,28,33)(H,29,30). The highest BCUT2D eigenvalue weighted by Crippen LogP contribution is 2.29. The predicted molar refractivity (Wildman–Crippen MR) is 123 cm³/mol. The largest absolute Gasteiger partial charge is 0.416 e. The number of carbonyl (C=O) groups is 3. The van der Waals surface area contributed by atoms with E-state index in [0.29, 0.717) is 25.5 Å². The summed E-state index contributed by atoms with van der Waals surface area (Å²) in [7, 11) is 0. The van der Waals surface area contributed by atoms with Gasteiger partial charge in [-0.3, -0.25) is 14.5 Å². The van der Waals surface area contributed by atoms with Crippen molar-refractivity contribution in [3.63, 3.8) is 0 Å². The van der Waals surface area contributed by atoms with Gasteiger partial charge in [0.25, 0.3) is 0 Å². The number of hydrogen-bond acceptors (Lipinski definition) is 5. The minimum absolute atomic E-state index is 0.0255. The summed E-state index contributed by atoms with van der Waals surface area (Å²) in [4.78, 5) is 48.3. The van der Waals surface area contributed by atoms with Crippen molar-refractivity contribution in [2.24, 2.45) is 0 Å². The van der Waals surface area contributed by atoms with E-state index in [2.05, 4.69) is 20.6 Å². The van der Waals surface area contributed by atoms with Crippen molar-refractivity contribution in [3.05, 3.63) is 54.1 Å². The van der Waals surface area contributed by atoms with Gasteiger partial charge < -0.3 is 20.5 Å². The number of fused-ring (bicyclic) bond motifs is 1. The molecule has 0 saturated carbocycles. The van der Waals surface area contributed by atoms with Crippen LogP contribution in [0.3, 0.4) is 0 Å². The lowest BCUT2D eigenvalue weighted by atomic mass is 10.2. The second-order valence-corrected chi connectivity index (χ2v) is 8.00. The fourth-order valence-electron chi connectivity index (χ4n) is 3.72. The quantitative estimate of drug-likeness (QED) is 0.522. The number of urea groups is 1. The Morgan fingerprint density at radius 2 is 1.80 bits per heavy atom. The number of rotatable bonds is 4. The summed E-state index contributed by atoms with van der Waals surface area (Å²) in [6, 6.07) is 10.8. The minimum atomic E-state index is -4.49. The molecule has 0 atom stereocenters. The van der Waals surface area contributed by atoms with Crippen LogP contribution in [0.5, 0.6) is 0 Å². The number of H-pyrrole nitrogens is 1. The first-order chi connectivity index (χ1) is 16.7. The second-order valence-electron chi connectivity index (χ2n) is 8.00. The maximum Gasteiger partial charge on any atom is 0.416 e. The number of amides is 4. The van der Waals surface area contributed by atoms with E-state index in [1.807, 2.05) is 29.2 Å². The summed E-state index contributed by atoms with van der Waals surface area (Å²) in [5.41, 5.74) is 0.964. The average molecular weight is 488 g/mol. The normalized spacial score (nSPS) is 15.7. The second kappa shape index (κ2) is 10.0. The van der Waals surface area contributed by atoms with Gasteiger partial charge in [0.05, 0.1) is 16.6 Å². The van der Waals surface area contributed by atoms with Crippen LogP contribution >= 0.6 is 0 Å². The molecule has 2 heterocycles. The Labute approximate surface area is 198 Å². The van der Waals surface area contributed by atoms with Gasteiger partial charge in [0.1, 0.15) is 6.54 Å². The van der Waals surface area contributed by atoms with E-state index in [0.717, 1.165) is 40.2 Å². The van der Waals surface area contributed by atoms with Gasteiger partial charge >= 0.3 is 12.2 Å². The molecule has 3 N–H and O–H groups in total. The Hall–Kier alpha value is -4.09.